The van der Waals surface area contributed by atoms with Gasteiger partial charge in [-0.1, -0.05) is 30.3 Å². The Morgan fingerprint density at radius 2 is 1.97 bits per heavy atom. The number of carbonyl (C=O) groups is 1. The van der Waals surface area contributed by atoms with Gasteiger partial charge in [0.1, 0.15) is 23.1 Å². The zero-order valence-corrected chi connectivity index (χ0v) is 16.7. The SMILES string of the molecule is O=C(c1csc(-c2cccnc2)n1)c1c[nH]c2ccc(OCc3ccccc3)cc12. The molecule has 0 atom stereocenters. The Morgan fingerprint density at radius 1 is 1.07 bits per heavy atom. The summed E-state index contributed by atoms with van der Waals surface area (Å²) in [6, 6.07) is 19.5. The van der Waals surface area contributed by atoms with Gasteiger partial charge >= 0.3 is 0 Å². The summed E-state index contributed by atoms with van der Waals surface area (Å²) in [7, 11) is 0. The van der Waals surface area contributed by atoms with E-state index in [0.717, 1.165) is 27.0 Å². The van der Waals surface area contributed by atoms with E-state index in [2.05, 4.69) is 15.0 Å². The van der Waals surface area contributed by atoms with Crippen LogP contribution in [-0.2, 0) is 6.61 Å². The molecule has 1 N–H and O–H groups in total. The highest BCUT2D eigenvalue weighted by Gasteiger charge is 2.18. The van der Waals surface area contributed by atoms with E-state index < -0.39 is 0 Å². The number of ketones is 1. The maximum absolute atomic E-state index is 13.1. The van der Waals surface area contributed by atoms with Crippen LogP contribution in [0.3, 0.4) is 0 Å². The van der Waals surface area contributed by atoms with E-state index in [1.807, 2.05) is 60.7 Å². The maximum atomic E-state index is 13.1. The molecule has 0 spiro atoms. The summed E-state index contributed by atoms with van der Waals surface area (Å²) in [5.41, 5.74) is 3.88. The summed E-state index contributed by atoms with van der Waals surface area (Å²) >= 11 is 1.44. The lowest BCUT2D eigenvalue weighted by molar-refractivity contribution is 0.103. The molecule has 30 heavy (non-hydrogen) atoms. The molecule has 3 heterocycles. The molecule has 2 aromatic carbocycles. The van der Waals surface area contributed by atoms with Crippen LogP contribution in [0.2, 0.25) is 0 Å². The zero-order chi connectivity index (χ0) is 20.3. The van der Waals surface area contributed by atoms with E-state index in [1.54, 1.807) is 24.0 Å². The average Bonchev–Trinajstić information content (AvgIpc) is 3.46. The number of rotatable bonds is 6. The summed E-state index contributed by atoms with van der Waals surface area (Å²) in [4.78, 5) is 24.9. The second kappa shape index (κ2) is 7.93. The molecule has 5 aromatic rings. The van der Waals surface area contributed by atoms with Crippen molar-refractivity contribution in [1.29, 1.82) is 0 Å². The van der Waals surface area contributed by atoms with Crippen LogP contribution in [0.4, 0.5) is 0 Å². The van der Waals surface area contributed by atoms with E-state index in [-0.39, 0.29) is 5.78 Å². The Labute approximate surface area is 177 Å². The molecule has 0 aliphatic rings. The monoisotopic (exact) mass is 411 g/mol. The van der Waals surface area contributed by atoms with Gasteiger partial charge in [-0.05, 0) is 35.9 Å². The summed E-state index contributed by atoms with van der Waals surface area (Å²) in [6.07, 6.45) is 5.19. The summed E-state index contributed by atoms with van der Waals surface area (Å²) in [5.74, 6) is 0.599. The Hall–Kier alpha value is -3.77. The highest BCUT2D eigenvalue weighted by molar-refractivity contribution is 7.13. The van der Waals surface area contributed by atoms with Crippen molar-refractivity contribution >= 4 is 28.0 Å². The number of nitrogens with one attached hydrogen (secondary N) is 1. The van der Waals surface area contributed by atoms with E-state index in [4.69, 9.17) is 4.74 Å². The lowest BCUT2D eigenvalue weighted by Gasteiger charge is -2.07. The number of aromatic nitrogens is 3. The van der Waals surface area contributed by atoms with Crippen molar-refractivity contribution < 1.29 is 9.53 Å². The third-order valence-corrected chi connectivity index (χ3v) is 5.68. The molecule has 0 saturated carbocycles. The van der Waals surface area contributed by atoms with Crippen molar-refractivity contribution in [1.82, 2.24) is 15.0 Å². The molecule has 0 saturated heterocycles. The van der Waals surface area contributed by atoms with Gasteiger partial charge in [0.2, 0.25) is 5.78 Å². The van der Waals surface area contributed by atoms with E-state index in [0.29, 0.717) is 23.6 Å². The first-order valence-electron chi connectivity index (χ1n) is 9.46. The van der Waals surface area contributed by atoms with Gasteiger partial charge in [-0.15, -0.1) is 11.3 Å². The molecule has 0 bridgehead atoms. The fourth-order valence-corrected chi connectivity index (χ4v) is 4.05. The number of nitrogens with zero attached hydrogens (tertiary/aromatic N) is 2. The first kappa shape index (κ1) is 18.3. The molecule has 0 amide bonds. The Morgan fingerprint density at radius 3 is 2.80 bits per heavy atom. The van der Waals surface area contributed by atoms with Crippen molar-refractivity contribution in [2.45, 2.75) is 6.61 Å². The van der Waals surface area contributed by atoms with Crippen molar-refractivity contribution in [2.24, 2.45) is 0 Å². The topological polar surface area (TPSA) is 67.9 Å². The predicted molar refractivity (Wildman–Crippen MR) is 118 cm³/mol. The fourth-order valence-electron chi connectivity index (χ4n) is 3.26. The quantitative estimate of drug-likeness (QED) is 0.375. The number of thiazole rings is 1. The van der Waals surface area contributed by atoms with E-state index in [1.165, 1.54) is 11.3 Å². The van der Waals surface area contributed by atoms with Crippen LogP contribution in [0.5, 0.6) is 5.75 Å². The van der Waals surface area contributed by atoms with Gasteiger partial charge in [-0.25, -0.2) is 4.98 Å². The largest absolute Gasteiger partial charge is 0.489 e. The number of ether oxygens (including phenoxy) is 1. The van der Waals surface area contributed by atoms with Crippen molar-refractivity contribution in [3.05, 3.63) is 101 Å². The smallest absolute Gasteiger partial charge is 0.214 e. The number of H-pyrrole nitrogens is 1. The van der Waals surface area contributed by atoms with Crippen LogP contribution in [0.15, 0.2) is 84.6 Å². The minimum absolute atomic E-state index is 0.118. The van der Waals surface area contributed by atoms with Gasteiger partial charge in [-0.2, -0.15) is 0 Å². The molecule has 5 rings (SSSR count). The molecule has 146 valence electrons. The normalized spacial score (nSPS) is 10.9. The van der Waals surface area contributed by atoms with E-state index >= 15 is 0 Å². The van der Waals surface area contributed by atoms with Gasteiger partial charge in [0.05, 0.1) is 0 Å². The van der Waals surface area contributed by atoms with Crippen molar-refractivity contribution in [3.8, 4) is 16.3 Å². The van der Waals surface area contributed by atoms with E-state index in [9.17, 15) is 4.79 Å². The first-order valence-corrected chi connectivity index (χ1v) is 10.3. The predicted octanol–water partition coefficient (Wildman–Crippen LogP) is 5.50. The van der Waals surface area contributed by atoms with Gasteiger partial charge < -0.3 is 9.72 Å². The van der Waals surface area contributed by atoms with Crippen LogP contribution >= 0.6 is 11.3 Å². The number of carbonyl (C=O) groups excluding carboxylic acids is 1. The Bertz CT molecular complexity index is 1310. The van der Waals surface area contributed by atoms with Gasteiger partial charge in [0.25, 0.3) is 0 Å². The van der Waals surface area contributed by atoms with Crippen molar-refractivity contribution in [3.63, 3.8) is 0 Å². The zero-order valence-electron chi connectivity index (χ0n) is 15.9. The second-order valence-corrected chi connectivity index (χ2v) is 7.65. The molecule has 0 fully saturated rings. The molecular weight excluding hydrogens is 394 g/mol. The van der Waals surface area contributed by atoms with Gasteiger partial charge in [-0.3, -0.25) is 9.78 Å². The highest BCUT2D eigenvalue weighted by atomic mass is 32.1. The number of hydrogen-bond donors (Lipinski definition) is 1. The van der Waals surface area contributed by atoms with Crippen molar-refractivity contribution in [2.75, 3.05) is 0 Å². The number of aromatic amines is 1. The standard InChI is InChI=1S/C24H17N3O2S/c28-23(22-15-30-24(27-22)17-7-4-10-25-12-17)20-13-26-21-9-8-18(11-19(20)21)29-14-16-5-2-1-3-6-16/h1-13,15,26H,14H2. The summed E-state index contributed by atoms with van der Waals surface area (Å²) in [5, 5.41) is 3.39. The molecule has 5 nitrogen and oxygen atoms in total. The number of pyridine rings is 1. The van der Waals surface area contributed by atoms with Crippen LogP contribution in [0.1, 0.15) is 21.6 Å². The first-order chi connectivity index (χ1) is 14.8. The molecule has 0 aliphatic heterocycles. The molecule has 6 heteroatoms. The lowest BCUT2D eigenvalue weighted by Crippen LogP contribution is -2.01. The summed E-state index contributed by atoms with van der Waals surface area (Å²) in [6.45, 7) is 0.473. The minimum Gasteiger partial charge on any atom is -0.489 e. The third-order valence-electron chi connectivity index (χ3n) is 4.79. The highest BCUT2D eigenvalue weighted by Crippen LogP contribution is 2.28. The lowest BCUT2D eigenvalue weighted by atomic mass is 10.1. The molecule has 0 unspecified atom stereocenters. The van der Waals surface area contributed by atoms with Crippen LogP contribution in [0, 0.1) is 0 Å². The minimum atomic E-state index is -0.118. The molecule has 0 aliphatic carbocycles. The average molecular weight is 411 g/mol. The number of fused-ring (bicyclic) bond motifs is 1. The third kappa shape index (κ3) is 3.60. The molecule has 0 radical (unpaired) electrons. The van der Waals surface area contributed by atoms with Gasteiger partial charge in [0, 0.05) is 46.0 Å². The Kier molecular flexibility index (Phi) is 4.83. The molecular formula is C24H17N3O2S. The number of benzene rings is 2. The molecule has 3 aromatic heterocycles. The Balaban J connectivity index is 1.41. The fraction of sp³-hybridized carbons (Fsp3) is 0.0417. The summed E-state index contributed by atoms with van der Waals surface area (Å²) < 4.78 is 5.93. The van der Waals surface area contributed by atoms with Crippen LogP contribution in [0.25, 0.3) is 21.5 Å². The van der Waals surface area contributed by atoms with Crippen LogP contribution in [-0.4, -0.2) is 20.7 Å². The maximum Gasteiger partial charge on any atom is 0.214 e. The second-order valence-electron chi connectivity index (χ2n) is 6.79. The number of hydrogen-bond acceptors (Lipinski definition) is 5. The van der Waals surface area contributed by atoms with Crippen LogP contribution < -0.4 is 4.74 Å². The van der Waals surface area contributed by atoms with Gasteiger partial charge in [0.15, 0.2) is 0 Å².